The Morgan fingerprint density at radius 3 is 1.77 bits per heavy atom. The predicted molar refractivity (Wildman–Crippen MR) is 116 cm³/mol. The number of nitrogen functional groups attached to an aromatic ring is 1. The first kappa shape index (κ1) is 21.1. The van der Waals surface area contributed by atoms with Gasteiger partial charge in [-0.3, -0.25) is 20.0 Å². The molecule has 0 heterocycles. The third-order valence-corrected chi connectivity index (χ3v) is 5.50. The Kier molecular flexibility index (Phi) is 6.22. The van der Waals surface area contributed by atoms with Crippen LogP contribution in [0.15, 0.2) is 77.7 Å². The topological polar surface area (TPSA) is 127 Å². The quantitative estimate of drug-likeness (QED) is 0.197. The number of aldehydes is 2. The van der Waals surface area contributed by atoms with E-state index in [1.807, 2.05) is 30.3 Å². The molecule has 8 heteroatoms. The number of rotatable bonds is 4. The minimum Gasteiger partial charge on any atom is -0.323 e. The van der Waals surface area contributed by atoms with Crippen LogP contribution >= 0.6 is 0 Å². The monoisotopic (exact) mass is 422 g/mol. The first-order valence-corrected chi connectivity index (χ1v) is 10.2. The maximum absolute atomic E-state index is 11.2. The predicted octanol–water partition coefficient (Wildman–Crippen LogP) is 3.84. The van der Waals surface area contributed by atoms with Gasteiger partial charge < -0.3 is 5.43 Å². The summed E-state index contributed by atoms with van der Waals surface area (Å²) in [5.74, 6) is 5.38. The first-order valence-electron chi connectivity index (χ1n) is 8.78. The molecule has 0 bridgehead atoms. The molecule has 0 saturated heterocycles. The lowest BCUT2D eigenvalue weighted by Gasteiger charge is -2.07. The molecule has 152 valence electrons. The van der Waals surface area contributed by atoms with Crippen molar-refractivity contribution >= 4 is 49.9 Å². The highest BCUT2D eigenvalue weighted by atomic mass is 32.2. The molecule has 7 nitrogen and oxygen atoms in total. The van der Waals surface area contributed by atoms with Crippen LogP contribution in [0.3, 0.4) is 0 Å². The van der Waals surface area contributed by atoms with E-state index in [0.717, 1.165) is 17.1 Å². The van der Waals surface area contributed by atoms with Gasteiger partial charge in [-0.05, 0) is 22.9 Å². The SMILES string of the molecule is NNc1c(C=O)ccc2ccccc12.O=Cc1ccc2ccccc2c1S(=O)(=O)O. The van der Waals surface area contributed by atoms with Crippen LogP contribution in [0.1, 0.15) is 20.7 Å². The molecule has 4 rings (SSSR count). The molecule has 4 aromatic rings. The van der Waals surface area contributed by atoms with Crippen LogP contribution in [0.25, 0.3) is 21.5 Å². The fourth-order valence-electron chi connectivity index (χ4n) is 3.19. The molecule has 4 N–H and O–H groups in total. The minimum atomic E-state index is -4.40. The van der Waals surface area contributed by atoms with Crippen molar-refractivity contribution in [2.24, 2.45) is 5.84 Å². The molecular weight excluding hydrogens is 404 g/mol. The van der Waals surface area contributed by atoms with Gasteiger partial charge in [0.2, 0.25) is 0 Å². The van der Waals surface area contributed by atoms with Crippen LogP contribution in [-0.2, 0) is 10.1 Å². The molecule has 0 atom stereocenters. The van der Waals surface area contributed by atoms with E-state index in [1.165, 1.54) is 6.07 Å². The van der Waals surface area contributed by atoms with Gasteiger partial charge >= 0.3 is 0 Å². The Labute approximate surface area is 172 Å². The van der Waals surface area contributed by atoms with Crippen LogP contribution < -0.4 is 11.3 Å². The summed E-state index contributed by atoms with van der Waals surface area (Å²) >= 11 is 0. The van der Waals surface area contributed by atoms with E-state index >= 15 is 0 Å². The van der Waals surface area contributed by atoms with E-state index in [2.05, 4.69) is 5.43 Å². The molecule has 0 fully saturated rings. The Morgan fingerprint density at radius 1 is 0.733 bits per heavy atom. The van der Waals surface area contributed by atoms with Gasteiger partial charge in [0.1, 0.15) is 4.90 Å². The van der Waals surface area contributed by atoms with Crippen molar-refractivity contribution < 1.29 is 22.6 Å². The minimum absolute atomic E-state index is 0.0406. The molecule has 0 unspecified atom stereocenters. The normalized spacial score (nSPS) is 10.9. The number of nitrogens with two attached hydrogens (primary N) is 1. The van der Waals surface area contributed by atoms with Crippen molar-refractivity contribution in [2.45, 2.75) is 4.90 Å². The highest BCUT2D eigenvalue weighted by molar-refractivity contribution is 7.86. The van der Waals surface area contributed by atoms with E-state index in [4.69, 9.17) is 10.4 Å². The average Bonchev–Trinajstić information content (AvgIpc) is 2.77. The number of hydrogen-bond acceptors (Lipinski definition) is 6. The number of hydrazine groups is 1. The van der Waals surface area contributed by atoms with Crippen molar-refractivity contribution in [1.82, 2.24) is 0 Å². The molecule has 0 aliphatic heterocycles. The zero-order chi connectivity index (χ0) is 21.7. The van der Waals surface area contributed by atoms with Gasteiger partial charge in [0.25, 0.3) is 10.1 Å². The second-order valence-electron chi connectivity index (χ2n) is 6.31. The second-order valence-corrected chi connectivity index (χ2v) is 7.67. The van der Waals surface area contributed by atoms with Crippen molar-refractivity contribution in [3.8, 4) is 0 Å². The van der Waals surface area contributed by atoms with Gasteiger partial charge in [-0.15, -0.1) is 0 Å². The number of fused-ring (bicyclic) bond motifs is 2. The summed E-state index contributed by atoms with van der Waals surface area (Å²) in [4.78, 5) is 21.1. The van der Waals surface area contributed by atoms with E-state index in [1.54, 1.807) is 36.4 Å². The van der Waals surface area contributed by atoms with E-state index in [9.17, 15) is 18.0 Å². The number of hydrogen-bond donors (Lipinski definition) is 3. The molecule has 0 radical (unpaired) electrons. The molecular formula is C22H18N2O5S. The first-order chi connectivity index (χ1) is 14.4. The largest absolute Gasteiger partial charge is 0.323 e. The number of carbonyl (C=O) groups excluding carboxylic acids is 2. The molecule has 0 aromatic heterocycles. The summed E-state index contributed by atoms with van der Waals surface area (Å²) in [7, 11) is -4.40. The van der Waals surface area contributed by atoms with Crippen LogP contribution in [0.2, 0.25) is 0 Å². The smallest absolute Gasteiger partial charge is 0.295 e. The Morgan fingerprint density at radius 2 is 1.23 bits per heavy atom. The summed E-state index contributed by atoms with van der Waals surface area (Å²) in [5, 5.41) is 3.01. The summed E-state index contributed by atoms with van der Waals surface area (Å²) in [6.45, 7) is 0. The molecule has 0 saturated carbocycles. The number of benzene rings is 4. The van der Waals surface area contributed by atoms with E-state index < -0.39 is 10.1 Å². The second kappa shape index (κ2) is 8.83. The summed E-state index contributed by atoms with van der Waals surface area (Å²) in [6.07, 6.45) is 1.21. The van der Waals surface area contributed by atoms with Crippen molar-refractivity contribution in [2.75, 3.05) is 5.43 Å². The standard InChI is InChI=1S/C11H10N2O.C11H8O4S/c12-13-11-9(7-14)6-5-8-3-1-2-4-10(8)11;12-7-9-6-5-8-3-1-2-4-10(8)11(9)16(13,14)15/h1-7,13H,12H2;1-7H,(H,13,14,15). The van der Waals surface area contributed by atoms with Gasteiger partial charge in [-0.2, -0.15) is 8.42 Å². The van der Waals surface area contributed by atoms with Crippen molar-refractivity contribution in [3.05, 3.63) is 83.9 Å². The third kappa shape index (κ3) is 4.20. The van der Waals surface area contributed by atoms with Crippen LogP contribution in [0.4, 0.5) is 5.69 Å². The van der Waals surface area contributed by atoms with Crippen LogP contribution in [0, 0.1) is 0 Å². The maximum Gasteiger partial charge on any atom is 0.295 e. The van der Waals surface area contributed by atoms with Gasteiger partial charge in [0.05, 0.1) is 5.69 Å². The lowest BCUT2D eigenvalue weighted by molar-refractivity contribution is 0.111. The van der Waals surface area contributed by atoms with Gasteiger partial charge in [0.15, 0.2) is 12.6 Å². The highest BCUT2D eigenvalue weighted by Gasteiger charge is 2.18. The number of carbonyl (C=O) groups is 2. The molecule has 30 heavy (non-hydrogen) atoms. The lowest BCUT2D eigenvalue weighted by Crippen LogP contribution is -2.09. The highest BCUT2D eigenvalue weighted by Crippen LogP contribution is 2.26. The number of nitrogens with one attached hydrogen (secondary N) is 1. The zero-order valence-electron chi connectivity index (χ0n) is 15.6. The summed E-state index contributed by atoms with van der Waals surface area (Å²) in [6, 6.07) is 21.1. The van der Waals surface area contributed by atoms with Crippen molar-refractivity contribution in [3.63, 3.8) is 0 Å². The Hall–Kier alpha value is -3.59. The molecule has 0 aliphatic carbocycles. The molecule has 0 aliphatic rings. The van der Waals surface area contributed by atoms with Crippen molar-refractivity contribution in [1.29, 1.82) is 0 Å². The maximum atomic E-state index is 11.2. The van der Waals surface area contributed by atoms with Gasteiger partial charge in [-0.25, -0.2) is 0 Å². The summed E-state index contributed by atoms with van der Waals surface area (Å²) in [5.41, 5.74) is 3.77. The number of anilines is 1. The summed E-state index contributed by atoms with van der Waals surface area (Å²) < 4.78 is 31.6. The zero-order valence-corrected chi connectivity index (χ0v) is 16.5. The van der Waals surface area contributed by atoms with Crippen LogP contribution in [0.5, 0.6) is 0 Å². The Balaban J connectivity index is 0.000000172. The third-order valence-electron chi connectivity index (χ3n) is 4.53. The lowest BCUT2D eigenvalue weighted by atomic mass is 10.1. The van der Waals surface area contributed by atoms with Gasteiger partial charge in [-0.1, -0.05) is 60.7 Å². The molecule has 0 amide bonds. The fourth-order valence-corrected chi connectivity index (χ4v) is 4.07. The molecule has 4 aromatic carbocycles. The van der Waals surface area contributed by atoms with Crippen LogP contribution in [-0.4, -0.2) is 25.5 Å². The Bertz CT molecular complexity index is 1350. The fraction of sp³-hybridized carbons (Fsp3) is 0. The van der Waals surface area contributed by atoms with Gasteiger partial charge in [0, 0.05) is 21.9 Å². The van der Waals surface area contributed by atoms with E-state index in [0.29, 0.717) is 28.3 Å². The van der Waals surface area contributed by atoms with E-state index in [-0.39, 0.29) is 10.5 Å². The average molecular weight is 422 g/mol. The molecule has 0 spiro atoms.